The molecule has 32 heavy (non-hydrogen) atoms. The van der Waals surface area contributed by atoms with Crippen LogP contribution in [0.15, 0.2) is 65.1 Å². The van der Waals surface area contributed by atoms with Crippen molar-refractivity contribution < 1.29 is 28.8 Å². The Morgan fingerprint density at radius 1 is 0.875 bits per heavy atom. The van der Waals surface area contributed by atoms with Crippen molar-refractivity contribution in [2.45, 2.75) is 0 Å². The first-order valence-corrected chi connectivity index (χ1v) is 10.2. The van der Waals surface area contributed by atoms with E-state index in [0.717, 1.165) is 10.5 Å². The Labute approximate surface area is 190 Å². The van der Waals surface area contributed by atoms with E-state index in [4.69, 9.17) is 9.47 Å². The fraction of sp³-hybridized carbons (Fsp3) is 0.0870. The molecule has 0 aliphatic heterocycles. The summed E-state index contributed by atoms with van der Waals surface area (Å²) in [4.78, 5) is 49.3. The Kier molecular flexibility index (Phi) is 5.83. The number of rotatable bonds is 6. The van der Waals surface area contributed by atoms with E-state index in [1.165, 1.54) is 18.2 Å². The van der Waals surface area contributed by atoms with Gasteiger partial charge in [-0.3, -0.25) is 19.7 Å². The van der Waals surface area contributed by atoms with Crippen LogP contribution in [-0.2, 0) is 4.74 Å². The van der Waals surface area contributed by atoms with Crippen molar-refractivity contribution in [2.24, 2.45) is 0 Å². The molecule has 0 saturated carbocycles. The molecule has 1 aliphatic rings. The molecule has 8 nitrogen and oxygen atoms in total. The number of benzene rings is 3. The molecule has 0 saturated heterocycles. The van der Waals surface area contributed by atoms with Gasteiger partial charge in [-0.1, -0.05) is 40.2 Å². The first kappa shape index (κ1) is 21.4. The van der Waals surface area contributed by atoms with Crippen molar-refractivity contribution >= 4 is 39.2 Å². The first-order chi connectivity index (χ1) is 15.4. The van der Waals surface area contributed by atoms with E-state index in [-0.39, 0.29) is 29.9 Å². The Morgan fingerprint density at radius 3 is 2.19 bits per heavy atom. The van der Waals surface area contributed by atoms with Gasteiger partial charge in [0.25, 0.3) is 5.69 Å². The van der Waals surface area contributed by atoms with Crippen molar-refractivity contribution in [1.82, 2.24) is 0 Å². The van der Waals surface area contributed by atoms with Gasteiger partial charge >= 0.3 is 5.97 Å². The van der Waals surface area contributed by atoms with E-state index in [9.17, 15) is 24.5 Å². The van der Waals surface area contributed by atoms with Gasteiger partial charge in [0, 0.05) is 21.2 Å². The van der Waals surface area contributed by atoms with Crippen molar-refractivity contribution in [3.63, 3.8) is 0 Å². The third-order valence-electron chi connectivity index (χ3n) is 4.87. The molecule has 9 heteroatoms. The molecule has 0 atom stereocenters. The minimum Gasteiger partial charge on any atom is -0.490 e. The lowest BCUT2D eigenvalue weighted by Gasteiger charge is -2.18. The summed E-state index contributed by atoms with van der Waals surface area (Å²) < 4.78 is 11.4. The molecule has 0 N–H and O–H groups in total. The number of carbonyl (C=O) groups is 3. The molecule has 3 aromatic carbocycles. The molecule has 0 bridgehead atoms. The van der Waals surface area contributed by atoms with E-state index in [0.29, 0.717) is 5.75 Å². The highest BCUT2D eigenvalue weighted by Crippen LogP contribution is 2.35. The lowest BCUT2D eigenvalue weighted by molar-refractivity contribution is -0.385. The smallest absolute Gasteiger partial charge is 0.345 e. The summed E-state index contributed by atoms with van der Waals surface area (Å²) in [5, 5.41) is 11.8. The molecule has 0 fully saturated rings. The predicted octanol–water partition coefficient (Wildman–Crippen LogP) is 4.37. The van der Waals surface area contributed by atoms with Crippen LogP contribution in [0.25, 0.3) is 0 Å². The standard InChI is InChI=1S/C23H14BrNO7/c24-13-5-7-14(8-6-13)31-11-12-32-23(28)18-10-9-17-19(20(18)25(29)30)22(27)16-4-2-1-3-15(16)21(17)26/h1-10H,11-12H2. The number of ketones is 2. The SMILES string of the molecule is O=C1c2ccccc2C(=O)c2c1ccc(C(=O)OCCOc1ccc(Br)cc1)c2[N+](=O)[O-]. The first-order valence-electron chi connectivity index (χ1n) is 9.44. The third-order valence-corrected chi connectivity index (χ3v) is 5.40. The van der Waals surface area contributed by atoms with Crippen molar-refractivity contribution in [3.05, 3.63) is 103 Å². The normalized spacial score (nSPS) is 12.0. The van der Waals surface area contributed by atoms with Gasteiger partial charge in [0.05, 0.1) is 4.92 Å². The summed E-state index contributed by atoms with van der Waals surface area (Å²) in [6.45, 7) is -0.143. The van der Waals surface area contributed by atoms with Crippen LogP contribution < -0.4 is 4.74 Å². The van der Waals surface area contributed by atoms with E-state index in [1.54, 1.807) is 36.4 Å². The van der Waals surface area contributed by atoms with Gasteiger partial charge in [0.1, 0.15) is 30.1 Å². The van der Waals surface area contributed by atoms with E-state index in [2.05, 4.69) is 15.9 Å². The number of carbonyl (C=O) groups excluding carboxylic acids is 3. The second-order valence-corrected chi connectivity index (χ2v) is 7.70. The number of fused-ring (bicyclic) bond motifs is 2. The van der Waals surface area contributed by atoms with Crippen LogP contribution in [0.3, 0.4) is 0 Å². The average molecular weight is 496 g/mol. The van der Waals surface area contributed by atoms with Crippen molar-refractivity contribution in [1.29, 1.82) is 0 Å². The van der Waals surface area contributed by atoms with Crippen molar-refractivity contribution in [2.75, 3.05) is 13.2 Å². The van der Waals surface area contributed by atoms with Crippen LogP contribution in [0.2, 0.25) is 0 Å². The second kappa shape index (κ2) is 8.72. The predicted molar refractivity (Wildman–Crippen MR) is 116 cm³/mol. The largest absolute Gasteiger partial charge is 0.490 e. The molecule has 4 rings (SSSR count). The molecule has 3 aromatic rings. The maximum Gasteiger partial charge on any atom is 0.345 e. The zero-order chi connectivity index (χ0) is 22.8. The fourth-order valence-electron chi connectivity index (χ4n) is 3.43. The van der Waals surface area contributed by atoms with Gasteiger partial charge in [-0.2, -0.15) is 0 Å². The summed E-state index contributed by atoms with van der Waals surface area (Å²) in [6.07, 6.45) is 0. The number of nitro groups is 1. The number of nitrogens with zero attached hydrogens (tertiary/aromatic N) is 1. The van der Waals surface area contributed by atoms with Gasteiger partial charge in [0.15, 0.2) is 5.78 Å². The molecule has 0 heterocycles. The number of ether oxygens (including phenoxy) is 2. The highest BCUT2D eigenvalue weighted by molar-refractivity contribution is 9.10. The van der Waals surface area contributed by atoms with Crippen LogP contribution in [0, 0.1) is 10.1 Å². The van der Waals surface area contributed by atoms with E-state index in [1.807, 2.05) is 0 Å². The summed E-state index contributed by atoms with van der Waals surface area (Å²) in [7, 11) is 0. The minimum atomic E-state index is -0.988. The van der Waals surface area contributed by atoms with Gasteiger partial charge in [-0.15, -0.1) is 0 Å². The lowest BCUT2D eigenvalue weighted by atomic mass is 9.82. The molecule has 160 valence electrons. The Balaban J connectivity index is 1.57. The highest BCUT2D eigenvalue weighted by atomic mass is 79.9. The summed E-state index contributed by atoms with van der Waals surface area (Å²) in [5.41, 5.74) is -1.44. The Bertz CT molecular complexity index is 1270. The molecule has 0 radical (unpaired) electrons. The highest BCUT2D eigenvalue weighted by Gasteiger charge is 2.38. The van der Waals surface area contributed by atoms with Crippen LogP contribution in [0.5, 0.6) is 5.75 Å². The molecular weight excluding hydrogens is 482 g/mol. The van der Waals surface area contributed by atoms with Crippen molar-refractivity contribution in [3.8, 4) is 5.75 Å². The van der Waals surface area contributed by atoms with Crippen LogP contribution in [-0.4, -0.2) is 35.7 Å². The quantitative estimate of drug-likeness (QED) is 0.169. The van der Waals surface area contributed by atoms with Crippen LogP contribution >= 0.6 is 15.9 Å². The molecule has 0 amide bonds. The molecule has 0 unspecified atom stereocenters. The van der Waals surface area contributed by atoms with E-state index < -0.39 is 39.3 Å². The Hall–Kier alpha value is -3.85. The molecular formula is C23H14BrNO7. The number of nitro benzene ring substituents is 1. The topological polar surface area (TPSA) is 113 Å². The average Bonchev–Trinajstić information content (AvgIpc) is 2.80. The summed E-state index contributed by atoms with van der Waals surface area (Å²) in [6, 6.07) is 15.5. The number of halogens is 1. The molecule has 0 aromatic heterocycles. The Morgan fingerprint density at radius 2 is 1.53 bits per heavy atom. The zero-order valence-corrected chi connectivity index (χ0v) is 18.0. The summed E-state index contributed by atoms with van der Waals surface area (Å²) in [5.74, 6) is -1.62. The maximum atomic E-state index is 13.0. The van der Waals surface area contributed by atoms with Gasteiger partial charge in [-0.05, 0) is 36.4 Å². The van der Waals surface area contributed by atoms with Gasteiger partial charge in [0.2, 0.25) is 5.78 Å². The number of hydrogen-bond acceptors (Lipinski definition) is 7. The summed E-state index contributed by atoms with van der Waals surface area (Å²) >= 11 is 3.31. The zero-order valence-electron chi connectivity index (χ0n) is 16.4. The molecule has 1 aliphatic carbocycles. The minimum absolute atomic E-state index is 0.0247. The van der Waals surface area contributed by atoms with Crippen LogP contribution in [0.4, 0.5) is 5.69 Å². The number of esters is 1. The van der Waals surface area contributed by atoms with E-state index >= 15 is 0 Å². The second-order valence-electron chi connectivity index (χ2n) is 6.78. The lowest BCUT2D eigenvalue weighted by Crippen LogP contribution is -2.24. The monoisotopic (exact) mass is 495 g/mol. The van der Waals surface area contributed by atoms with Crippen LogP contribution in [0.1, 0.15) is 42.2 Å². The number of hydrogen-bond donors (Lipinski definition) is 0. The fourth-order valence-corrected chi connectivity index (χ4v) is 3.69. The van der Waals surface area contributed by atoms with Gasteiger partial charge < -0.3 is 9.47 Å². The maximum absolute atomic E-state index is 13.0. The molecule has 0 spiro atoms. The third kappa shape index (κ3) is 3.90. The van der Waals surface area contributed by atoms with Gasteiger partial charge in [-0.25, -0.2) is 4.79 Å².